The number of rotatable bonds is 4. The van der Waals surface area contributed by atoms with Gasteiger partial charge in [0.2, 0.25) is 5.91 Å². The van der Waals surface area contributed by atoms with Gasteiger partial charge in [-0.25, -0.2) is 0 Å². The van der Waals surface area contributed by atoms with E-state index in [4.69, 9.17) is 0 Å². The molecule has 1 amide bonds. The first-order valence-electron chi connectivity index (χ1n) is 6.83. The van der Waals surface area contributed by atoms with Crippen LogP contribution in [0.25, 0.3) is 0 Å². The largest absolute Gasteiger partial charge is 0.388 e. The smallest absolute Gasteiger partial charge is 0.230 e. The standard InChI is InChI=1S/C14H27NO2S/c1-11-6-5-7-14(17,8-11)10-15-12(16)9-18-13(2,3)4/h11,17H,5-10H2,1-4H3,(H,15,16). The molecule has 1 rings (SSSR count). The monoisotopic (exact) mass is 273 g/mol. The molecule has 0 aromatic rings. The third-order valence-electron chi connectivity index (χ3n) is 3.32. The molecule has 0 radical (unpaired) electrons. The predicted molar refractivity (Wildman–Crippen MR) is 77.8 cm³/mol. The number of carbonyl (C=O) groups is 1. The molecule has 0 heterocycles. The number of amides is 1. The van der Waals surface area contributed by atoms with Crippen molar-refractivity contribution >= 4 is 17.7 Å². The van der Waals surface area contributed by atoms with Crippen LogP contribution < -0.4 is 5.32 Å². The highest BCUT2D eigenvalue weighted by Crippen LogP contribution is 2.31. The number of hydrogen-bond acceptors (Lipinski definition) is 3. The summed E-state index contributed by atoms with van der Waals surface area (Å²) in [5, 5.41) is 13.3. The summed E-state index contributed by atoms with van der Waals surface area (Å²) in [4.78, 5) is 11.7. The van der Waals surface area contributed by atoms with Gasteiger partial charge in [-0.3, -0.25) is 4.79 Å². The lowest BCUT2D eigenvalue weighted by atomic mass is 9.79. The lowest BCUT2D eigenvalue weighted by molar-refractivity contribution is -0.120. The Morgan fingerprint density at radius 3 is 2.72 bits per heavy atom. The van der Waals surface area contributed by atoms with Gasteiger partial charge in [0, 0.05) is 11.3 Å². The number of nitrogens with one attached hydrogen (secondary N) is 1. The Labute approximate surface area is 115 Å². The molecule has 2 unspecified atom stereocenters. The minimum absolute atomic E-state index is 0.0292. The van der Waals surface area contributed by atoms with Crippen LogP contribution in [-0.4, -0.2) is 33.7 Å². The molecule has 2 N–H and O–H groups in total. The summed E-state index contributed by atoms with van der Waals surface area (Å²) in [5.41, 5.74) is -0.681. The summed E-state index contributed by atoms with van der Waals surface area (Å²) in [6, 6.07) is 0. The second-order valence-electron chi connectivity index (χ2n) is 6.60. The first-order valence-corrected chi connectivity index (χ1v) is 7.82. The van der Waals surface area contributed by atoms with Crippen LogP contribution in [0.4, 0.5) is 0 Å². The van der Waals surface area contributed by atoms with Crippen LogP contribution in [0.5, 0.6) is 0 Å². The van der Waals surface area contributed by atoms with Crippen LogP contribution in [0.3, 0.4) is 0 Å². The molecule has 1 saturated carbocycles. The van der Waals surface area contributed by atoms with Crippen LogP contribution in [-0.2, 0) is 4.79 Å². The van der Waals surface area contributed by atoms with Crippen molar-refractivity contribution in [1.82, 2.24) is 5.32 Å². The Morgan fingerprint density at radius 1 is 1.50 bits per heavy atom. The van der Waals surface area contributed by atoms with Crippen molar-refractivity contribution in [3.8, 4) is 0 Å². The quantitative estimate of drug-likeness (QED) is 0.827. The van der Waals surface area contributed by atoms with E-state index in [0.717, 1.165) is 19.3 Å². The van der Waals surface area contributed by atoms with E-state index in [1.807, 2.05) is 0 Å². The molecular formula is C14H27NO2S. The van der Waals surface area contributed by atoms with E-state index in [1.54, 1.807) is 11.8 Å². The van der Waals surface area contributed by atoms with Crippen LogP contribution in [0.2, 0.25) is 0 Å². The molecule has 0 aromatic carbocycles. The fraction of sp³-hybridized carbons (Fsp3) is 0.929. The average molecular weight is 273 g/mol. The molecule has 0 saturated heterocycles. The predicted octanol–water partition coefficient (Wildman–Crippen LogP) is 2.58. The van der Waals surface area contributed by atoms with Crippen LogP contribution in [0, 0.1) is 5.92 Å². The molecule has 1 aliphatic rings. The average Bonchev–Trinajstić information content (AvgIpc) is 2.22. The zero-order chi connectivity index (χ0) is 13.8. The Balaban J connectivity index is 2.29. The van der Waals surface area contributed by atoms with E-state index in [-0.39, 0.29) is 10.7 Å². The normalized spacial score (nSPS) is 29.1. The van der Waals surface area contributed by atoms with E-state index >= 15 is 0 Å². The van der Waals surface area contributed by atoms with E-state index < -0.39 is 5.60 Å². The van der Waals surface area contributed by atoms with E-state index in [9.17, 15) is 9.90 Å². The van der Waals surface area contributed by atoms with Gasteiger partial charge in [0.25, 0.3) is 0 Å². The Bertz CT molecular complexity index is 288. The third-order valence-corrected chi connectivity index (χ3v) is 4.59. The van der Waals surface area contributed by atoms with Gasteiger partial charge in [-0.2, -0.15) is 0 Å². The molecule has 0 bridgehead atoms. The maximum absolute atomic E-state index is 11.7. The molecule has 4 heteroatoms. The van der Waals surface area contributed by atoms with Crippen LogP contribution in [0.15, 0.2) is 0 Å². The van der Waals surface area contributed by atoms with Gasteiger partial charge < -0.3 is 10.4 Å². The number of carbonyl (C=O) groups excluding carboxylic acids is 1. The highest BCUT2D eigenvalue weighted by molar-refractivity contribution is 8.01. The second kappa shape index (κ2) is 6.29. The SMILES string of the molecule is CC1CCCC(O)(CNC(=O)CSC(C)(C)C)C1. The molecule has 2 atom stereocenters. The summed E-state index contributed by atoms with van der Waals surface area (Å²) in [6.45, 7) is 8.87. The molecule has 1 aliphatic carbocycles. The van der Waals surface area contributed by atoms with Crippen LogP contribution in [0.1, 0.15) is 53.4 Å². The Hall–Kier alpha value is -0.220. The summed E-state index contributed by atoms with van der Waals surface area (Å²) in [6.07, 6.45) is 3.87. The van der Waals surface area contributed by atoms with Crippen molar-refractivity contribution in [2.45, 2.75) is 63.7 Å². The maximum Gasteiger partial charge on any atom is 0.230 e. The maximum atomic E-state index is 11.7. The molecule has 0 aliphatic heterocycles. The molecule has 0 spiro atoms. The summed E-state index contributed by atoms with van der Waals surface area (Å²) >= 11 is 1.63. The number of aliphatic hydroxyl groups is 1. The molecule has 106 valence electrons. The minimum Gasteiger partial charge on any atom is -0.388 e. The Morgan fingerprint density at radius 2 is 2.17 bits per heavy atom. The fourth-order valence-electron chi connectivity index (χ4n) is 2.39. The molecule has 0 aromatic heterocycles. The van der Waals surface area contributed by atoms with Crippen molar-refractivity contribution < 1.29 is 9.90 Å². The zero-order valence-corrected chi connectivity index (χ0v) is 12.9. The second-order valence-corrected chi connectivity index (χ2v) is 8.41. The highest BCUT2D eigenvalue weighted by Gasteiger charge is 2.32. The molecule has 1 fully saturated rings. The van der Waals surface area contributed by atoms with Gasteiger partial charge >= 0.3 is 0 Å². The lowest BCUT2D eigenvalue weighted by Crippen LogP contribution is -2.46. The summed E-state index contributed by atoms with van der Waals surface area (Å²) in [7, 11) is 0. The van der Waals surface area contributed by atoms with Crippen molar-refractivity contribution in [2.75, 3.05) is 12.3 Å². The van der Waals surface area contributed by atoms with Crippen molar-refractivity contribution in [3.05, 3.63) is 0 Å². The van der Waals surface area contributed by atoms with E-state index in [2.05, 4.69) is 33.0 Å². The zero-order valence-electron chi connectivity index (χ0n) is 12.1. The minimum atomic E-state index is -0.681. The van der Waals surface area contributed by atoms with Gasteiger partial charge in [-0.05, 0) is 18.8 Å². The first kappa shape index (κ1) is 15.8. The van der Waals surface area contributed by atoms with Gasteiger partial charge in [-0.1, -0.05) is 40.5 Å². The summed E-state index contributed by atoms with van der Waals surface area (Å²) < 4.78 is 0.105. The fourth-order valence-corrected chi connectivity index (χ4v) is 3.06. The van der Waals surface area contributed by atoms with Crippen molar-refractivity contribution in [1.29, 1.82) is 0 Å². The van der Waals surface area contributed by atoms with Gasteiger partial charge in [0.05, 0.1) is 11.4 Å². The topological polar surface area (TPSA) is 49.3 Å². The van der Waals surface area contributed by atoms with Crippen molar-refractivity contribution in [2.24, 2.45) is 5.92 Å². The van der Waals surface area contributed by atoms with Gasteiger partial charge in [-0.15, -0.1) is 11.8 Å². The van der Waals surface area contributed by atoms with E-state index in [0.29, 0.717) is 18.2 Å². The molecule has 3 nitrogen and oxygen atoms in total. The third kappa shape index (κ3) is 6.10. The number of hydrogen-bond donors (Lipinski definition) is 2. The van der Waals surface area contributed by atoms with Gasteiger partial charge in [0.15, 0.2) is 0 Å². The van der Waals surface area contributed by atoms with Crippen LogP contribution >= 0.6 is 11.8 Å². The number of thioether (sulfide) groups is 1. The molecule has 18 heavy (non-hydrogen) atoms. The van der Waals surface area contributed by atoms with Gasteiger partial charge in [0.1, 0.15) is 0 Å². The van der Waals surface area contributed by atoms with E-state index in [1.165, 1.54) is 6.42 Å². The lowest BCUT2D eigenvalue weighted by Gasteiger charge is -2.35. The molecular weight excluding hydrogens is 246 g/mol. The Kier molecular flexibility index (Phi) is 5.53. The van der Waals surface area contributed by atoms with Crippen molar-refractivity contribution in [3.63, 3.8) is 0 Å². The first-order chi connectivity index (χ1) is 8.20. The summed E-state index contributed by atoms with van der Waals surface area (Å²) in [5.74, 6) is 1.06. The highest BCUT2D eigenvalue weighted by atomic mass is 32.2.